The molecule has 0 saturated carbocycles. The third kappa shape index (κ3) is 7.99. The second-order valence-corrected chi connectivity index (χ2v) is 10.7. The Labute approximate surface area is 238 Å². The summed E-state index contributed by atoms with van der Waals surface area (Å²) in [6.45, 7) is 9.46. The Bertz CT molecular complexity index is 1220. The summed E-state index contributed by atoms with van der Waals surface area (Å²) >= 11 is 0. The number of allylic oxidation sites excluding steroid dienone is 1. The Kier molecular flexibility index (Phi) is 10.4. The van der Waals surface area contributed by atoms with Crippen molar-refractivity contribution in [3.05, 3.63) is 36.2 Å². The Morgan fingerprint density at radius 1 is 1.00 bits per heavy atom. The first-order valence-corrected chi connectivity index (χ1v) is 13.4. The zero-order valence-electron chi connectivity index (χ0n) is 24.2. The predicted molar refractivity (Wildman–Crippen MR) is 141 cm³/mol. The van der Waals surface area contributed by atoms with Crippen LogP contribution in [0.15, 0.2) is 30.4 Å². The van der Waals surface area contributed by atoms with Crippen molar-refractivity contribution >= 4 is 29.7 Å². The van der Waals surface area contributed by atoms with Gasteiger partial charge in [0.15, 0.2) is 18.4 Å². The third-order valence-corrected chi connectivity index (χ3v) is 6.14. The number of amides is 2. The van der Waals surface area contributed by atoms with E-state index in [0.717, 1.165) is 4.68 Å². The van der Waals surface area contributed by atoms with Crippen LogP contribution in [0.25, 0.3) is 0 Å². The molecule has 0 spiro atoms. The van der Waals surface area contributed by atoms with Crippen LogP contribution in [-0.4, -0.2) is 81.4 Å². The van der Waals surface area contributed by atoms with Gasteiger partial charge in [0, 0.05) is 25.6 Å². The maximum absolute atomic E-state index is 12.8. The summed E-state index contributed by atoms with van der Waals surface area (Å²) in [5, 5.41) is 6.32. The molecule has 14 heteroatoms. The van der Waals surface area contributed by atoms with Crippen molar-refractivity contribution in [2.45, 2.75) is 72.5 Å². The summed E-state index contributed by atoms with van der Waals surface area (Å²) < 4.78 is 24.2. The van der Waals surface area contributed by atoms with Crippen molar-refractivity contribution in [2.75, 3.05) is 13.7 Å². The fraction of sp³-hybridized carbons (Fsp3) is 0.593. The van der Waals surface area contributed by atoms with E-state index in [1.165, 1.54) is 6.33 Å². The topological polar surface area (TPSA) is 168 Å². The van der Waals surface area contributed by atoms with Crippen LogP contribution >= 0.6 is 0 Å². The number of nitrogens with zero attached hydrogens (tertiary/aromatic N) is 4. The molecule has 0 aromatic carbocycles. The molecule has 41 heavy (non-hydrogen) atoms. The van der Waals surface area contributed by atoms with Gasteiger partial charge in [0.2, 0.25) is 11.7 Å². The number of aromatic nitrogens is 3. The molecule has 2 aliphatic rings. The second-order valence-electron chi connectivity index (χ2n) is 10.7. The lowest BCUT2D eigenvalue weighted by molar-refractivity contribution is -0.173. The standard InChI is InChI=1S/C27H37N5O9/c1-14(2)22(33)29-23(34)21-28-13-32(30-21)24-20(41-26(36)16(5)6)19(40-25(35)15(3)4)18(39-24)12-38-27(37)17-9-8-10-31(7)11-17/h8,10-11,13-16,18-20,24H,9,12H2,1-7H3,(H,29,33,34)/t18-,19-,20-,24-/m1/s1. The highest BCUT2D eigenvalue weighted by atomic mass is 16.7. The van der Waals surface area contributed by atoms with Gasteiger partial charge in [0.25, 0.3) is 5.91 Å². The van der Waals surface area contributed by atoms with Crippen molar-refractivity contribution in [2.24, 2.45) is 17.8 Å². The van der Waals surface area contributed by atoms with Gasteiger partial charge in [-0.25, -0.2) is 14.5 Å². The van der Waals surface area contributed by atoms with Crippen LogP contribution in [-0.2, 0) is 38.1 Å². The number of imide groups is 1. The van der Waals surface area contributed by atoms with Crippen molar-refractivity contribution in [3.8, 4) is 0 Å². The quantitative estimate of drug-likeness (QED) is 0.316. The smallest absolute Gasteiger partial charge is 0.335 e. The van der Waals surface area contributed by atoms with Gasteiger partial charge in [-0.3, -0.25) is 24.5 Å². The fourth-order valence-electron chi connectivity index (χ4n) is 3.75. The van der Waals surface area contributed by atoms with E-state index in [1.807, 2.05) is 6.20 Å². The number of esters is 3. The van der Waals surface area contributed by atoms with Crippen molar-refractivity contribution in [3.63, 3.8) is 0 Å². The Hall–Kier alpha value is -4.07. The maximum Gasteiger partial charge on any atom is 0.335 e. The first-order valence-electron chi connectivity index (χ1n) is 13.4. The van der Waals surface area contributed by atoms with E-state index in [1.54, 1.807) is 65.8 Å². The minimum atomic E-state index is -1.23. The van der Waals surface area contributed by atoms with Gasteiger partial charge < -0.3 is 23.8 Å². The number of rotatable bonds is 10. The summed E-state index contributed by atoms with van der Waals surface area (Å²) in [5.41, 5.74) is 0.408. The van der Waals surface area contributed by atoms with Crippen LogP contribution < -0.4 is 5.32 Å². The van der Waals surface area contributed by atoms with E-state index in [2.05, 4.69) is 15.4 Å². The fourth-order valence-corrected chi connectivity index (χ4v) is 3.75. The van der Waals surface area contributed by atoms with Gasteiger partial charge in [-0.1, -0.05) is 47.6 Å². The first-order chi connectivity index (χ1) is 19.3. The normalized spacial score (nSPS) is 22.1. The summed E-state index contributed by atoms with van der Waals surface area (Å²) in [4.78, 5) is 68.2. The first kappa shape index (κ1) is 31.5. The molecule has 3 rings (SSSR count). The molecule has 14 nitrogen and oxygen atoms in total. The third-order valence-electron chi connectivity index (χ3n) is 6.14. The molecule has 0 radical (unpaired) electrons. The van der Waals surface area contributed by atoms with Crippen molar-refractivity contribution in [1.29, 1.82) is 0 Å². The number of carbonyl (C=O) groups is 5. The highest BCUT2D eigenvalue weighted by molar-refractivity contribution is 6.02. The summed E-state index contributed by atoms with van der Waals surface area (Å²) in [5.74, 6) is -4.95. The SMILES string of the molecule is CC(C)C(=O)NC(=O)c1ncn([C@@H]2O[C@H](COC(=O)C3=CN(C)C=CC3)[C@@H](OC(=O)C(C)C)[C@H]2OC(=O)C(C)C)n1. The molecule has 1 aromatic rings. The lowest BCUT2D eigenvalue weighted by atomic mass is 10.1. The highest BCUT2D eigenvalue weighted by Gasteiger charge is 2.52. The molecule has 224 valence electrons. The van der Waals surface area contributed by atoms with E-state index >= 15 is 0 Å². The summed E-state index contributed by atoms with van der Waals surface area (Å²) in [7, 11) is 1.77. The van der Waals surface area contributed by atoms with Gasteiger partial charge in [-0.05, 0) is 6.20 Å². The highest BCUT2D eigenvalue weighted by Crippen LogP contribution is 2.35. The number of carbonyl (C=O) groups excluding carboxylic acids is 5. The molecule has 1 N–H and O–H groups in total. The molecule has 1 aromatic heterocycles. The Balaban J connectivity index is 1.89. The zero-order chi connectivity index (χ0) is 30.4. The van der Waals surface area contributed by atoms with E-state index in [0.29, 0.717) is 12.0 Å². The molecule has 0 unspecified atom stereocenters. The average Bonchev–Trinajstić information content (AvgIpc) is 3.52. The van der Waals surface area contributed by atoms with Crippen LogP contribution in [0.2, 0.25) is 0 Å². The molecular formula is C27H37N5O9. The van der Waals surface area contributed by atoms with Crippen LogP contribution in [0.1, 0.15) is 64.8 Å². The summed E-state index contributed by atoms with van der Waals surface area (Å²) in [6, 6.07) is 0. The van der Waals surface area contributed by atoms with Gasteiger partial charge in [0.1, 0.15) is 19.0 Å². The molecule has 2 amide bonds. The van der Waals surface area contributed by atoms with E-state index in [4.69, 9.17) is 18.9 Å². The van der Waals surface area contributed by atoms with Gasteiger partial charge in [-0.2, -0.15) is 0 Å². The predicted octanol–water partition coefficient (Wildman–Crippen LogP) is 1.50. The zero-order valence-corrected chi connectivity index (χ0v) is 24.2. The number of hydrogen-bond donors (Lipinski definition) is 1. The lowest BCUT2D eigenvalue weighted by Crippen LogP contribution is -2.42. The Morgan fingerprint density at radius 3 is 2.22 bits per heavy atom. The molecule has 4 atom stereocenters. The van der Waals surface area contributed by atoms with E-state index < -0.39 is 72.0 Å². The molecule has 0 aliphatic carbocycles. The van der Waals surface area contributed by atoms with Gasteiger partial charge in [-0.15, -0.1) is 5.10 Å². The molecule has 1 fully saturated rings. The van der Waals surface area contributed by atoms with Crippen molar-refractivity contribution in [1.82, 2.24) is 25.0 Å². The molecule has 1 saturated heterocycles. The van der Waals surface area contributed by atoms with Crippen LogP contribution in [0, 0.1) is 17.8 Å². The molecule has 0 bridgehead atoms. The van der Waals surface area contributed by atoms with Gasteiger partial charge >= 0.3 is 17.9 Å². The Morgan fingerprint density at radius 2 is 1.63 bits per heavy atom. The van der Waals surface area contributed by atoms with Crippen LogP contribution in [0.5, 0.6) is 0 Å². The molecular weight excluding hydrogens is 538 g/mol. The molecule has 3 heterocycles. The second kappa shape index (κ2) is 13.5. The average molecular weight is 576 g/mol. The van der Waals surface area contributed by atoms with Crippen LogP contribution in [0.3, 0.4) is 0 Å². The number of ether oxygens (including phenoxy) is 4. The lowest BCUT2D eigenvalue weighted by Gasteiger charge is -2.25. The van der Waals surface area contributed by atoms with E-state index in [9.17, 15) is 24.0 Å². The van der Waals surface area contributed by atoms with Crippen LogP contribution in [0.4, 0.5) is 0 Å². The number of hydrogen-bond acceptors (Lipinski definition) is 12. The maximum atomic E-state index is 12.8. The van der Waals surface area contributed by atoms with Gasteiger partial charge in [0.05, 0.1) is 17.4 Å². The number of nitrogens with one attached hydrogen (secondary N) is 1. The van der Waals surface area contributed by atoms with E-state index in [-0.39, 0.29) is 12.4 Å². The monoisotopic (exact) mass is 575 g/mol. The largest absolute Gasteiger partial charge is 0.459 e. The minimum absolute atomic E-state index is 0.330. The molecule has 2 aliphatic heterocycles. The minimum Gasteiger partial charge on any atom is -0.459 e. The summed E-state index contributed by atoms with van der Waals surface area (Å²) in [6.07, 6.45) is 2.12. The van der Waals surface area contributed by atoms with Crippen molar-refractivity contribution < 1.29 is 42.9 Å².